The van der Waals surface area contributed by atoms with E-state index in [2.05, 4.69) is 4.98 Å². The number of ether oxygens (including phenoxy) is 3. The van der Waals surface area contributed by atoms with E-state index in [0.717, 1.165) is 10.8 Å². The van der Waals surface area contributed by atoms with Crippen molar-refractivity contribution in [1.29, 1.82) is 0 Å². The molecule has 0 spiro atoms. The van der Waals surface area contributed by atoms with Gasteiger partial charge in [-0.05, 0) is 6.42 Å². The first-order valence-electron chi connectivity index (χ1n) is 9.87. The summed E-state index contributed by atoms with van der Waals surface area (Å²) in [4.78, 5) is 64.7. The summed E-state index contributed by atoms with van der Waals surface area (Å²) in [5.41, 5.74) is -3.82. The first-order chi connectivity index (χ1) is 15.4. The number of nitrogens with one attached hydrogen (secondary N) is 1. The summed E-state index contributed by atoms with van der Waals surface area (Å²) in [6, 6.07) is 7.76. The van der Waals surface area contributed by atoms with E-state index < -0.39 is 56.6 Å². The van der Waals surface area contributed by atoms with Crippen molar-refractivity contribution >= 4 is 15.2 Å². The molecule has 2 aliphatic rings. The van der Waals surface area contributed by atoms with Crippen LogP contribution in [0.3, 0.4) is 0 Å². The van der Waals surface area contributed by atoms with Crippen LogP contribution >= 0.6 is 15.2 Å². The molecule has 13 nitrogen and oxygen atoms in total. The number of hydrogen-bond acceptors (Lipinski definition) is 7. The molecule has 0 radical (unpaired) electrons. The highest BCUT2D eigenvalue weighted by atomic mass is 31.2. The van der Waals surface area contributed by atoms with Crippen LogP contribution in [0.25, 0.3) is 0 Å². The molecule has 15 heteroatoms. The van der Waals surface area contributed by atoms with Gasteiger partial charge < -0.3 is 33.8 Å². The molecule has 3 heterocycles. The van der Waals surface area contributed by atoms with Crippen LogP contribution in [0.1, 0.15) is 23.8 Å². The van der Waals surface area contributed by atoms with Gasteiger partial charge in [0.1, 0.15) is 12.3 Å². The van der Waals surface area contributed by atoms with Crippen LogP contribution in [-0.2, 0) is 35.3 Å². The minimum atomic E-state index is -4.97. The van der Waals surface area contributed by atoms with Crippen LogP contribution in [-0.4, -0.2) is 54.1 Å². The van der Waals surface area contributed by atoms with Gasteiger partial charge >= 0.3 is 26.4 Å². The van der Waals surface area contributed by atoms with Crippen molar-refractivity contribution in [2.75, 3.05) is 12.8 Å². The molecule has 0 amide bonds. The van der Waals surface area contributed by atoms with E-state index in [1.165, 1.54) is 12.1 Å². The van der Waals surface area contributed by atoms with Gasteiger partial charge in [-0.1, -0.05) is 30.3 Å². The molecule has 2 aliphatic heterocycles. The van der Waals surface area contributed by atoms with Gasteiger partial charge in [0.15, 0.2) is 0 Å². The molecule has 0 unspecified atom stereocenters. The standard InChI is InChI=1S/C18H22N2O11P2/c21-16-11(6-7-32(23,24)25)9-20(17(22)19-16)15-8-13-14(30-15)10-29-18(31-13,33(26,27)28)12-4-2-1-3-5-12/h1-5,9,13-15H,6-8,10H2,(H,19,21,22)(H2,23,24,25)(H2,26,27,28)/t13-,14-,15-,18-/m1/s1. The molecule has 180 valence electrons. The lowest BCUT2D eigenvalue weighted by Crippen LogP contribution is -2.48. The fourth-order valence-electron chi connectivity index (χ4n) is 3.89. The van der Waals surface area contributed by atoms with Gasteiger partial charge in [0.2, 0.25) is 0 Å². The predicted octanol–water partition coefficient (Wildman–Crippen LogP) is -0.0521. The number of fused-ring (bicyclic) bond motifs is 1. The molecule has 33 heavy (non-hydrogen) atoms. The monoisotopic (exact) mass is 504 g/mol. The Kier molecular flexibility index (Phi) is 6.38. The lowest BCUT2D eigenvalue weighted by Gasteiger charge is -2.41. The molecule has 5 N–H and O–H groups in total. The molecule has 0 aliphatic carbocycles. The highest BCUT2D eigenvalue weighted by molar-refractivity contribution is 7.52. The molecule has 2 fully saturated rings. The average molecular weight is 504 g/mol. The molecule has 2 saturated heterocycles. The summed E-state index contributed by atoms with van der Waals surface area (Å²) in [5.74, 6) is 0. The average Bonchev–Trinajstić information content (AvgIpc) is 3.15. The predicted molar refractivity (Wildman–Crippen MR) is 111 cm³/mol. The molecular formula is C18H22N2O11P2. The second-order valence-corrected chi connectivity index (χ2v) is 11.2. The molecule has 1 aromatic carbocycles. The Morgan fingerprint density at radius 1 is 1.09 bits per heavy atom. The van der Waals surface area contributed by atoms with Crippen molar-refractivity contribution in [2.45, 2.75) is 36.8 Å². The number of aryl methyl sites for hydroxylation is 1. The van der Waals surface area contributed by atoms with Gasteiger partial charge in [0.05, 0.1) is 18.9 Å². The van der Waals surface area contributed by atoms with Crippen LogP contribution in [0.15, 0.2) is 46.1 Å². The summed E-state index contributed by atoms with van der Waals surface area (Å²) in [7, 11) is -9.34. The summed E-state index contributed by atoms with van der Waals surface area (Å²) >= 11 is 0. The molecule has 2 aromatic rings. The van der Waals surface area contributed by atoms with Crippen molar-refractivity contribution in [1.82, 2.24) is 9.55 Å². The molecular weight excluding hydrogens is 482 g/mol. The number of H-pyrrole nitrogens is 1. The van der Waals surface area contributed by atoms with Crippen LogP contribution in [0.2, 0.25) is 0 Å². The van der Waals surface area contributed by atoms with Crippen LogP contribution < -0.4 is 11.2 Å². The number of benzene rings is 1. The van der Waals surface area contributed by atoms with Crippen molar-refractivity contribution in [3.63, 3.8) is 0 Å². The first kappa shape index (κ1) is 24.2. The third-order valence-corrected chi connectivity index (χ3v) is 7.55. The fourth-order valence-corrected chi connectivity index (χ4v) is 5.42. The van der Waals surface area contributed by atoms with E-state index in [-0.39, 0.29) is 30.6 Å². The topological polar surface area (TPSA) is 198 Å². The Morgan fingerprint density at radius 2 is 1.79 bits per heavy atom. The van der Waals surface area contributed by atoms with E-state index >= 15 is 0 Å². The van der Waals surface area contributed by atoms with Crippen LogP contribution in [0, 0.1) is 0 Å². The highest BCUT2D eigenvalue weighted by Crippen LogP contribution is 2.61. The molecule has 4 atom stereocenters. The lowest BCUT2D eigenvalue weighted by molar-refractivity contribution is -0.282. The Balaban J connectivity index is 1.61. The number of nitrogens with zero attached hydrogens (tertiary/aromatic N) is 1. The molecule has 1 aromatic heterocycles. The fraction of sp³-hybridized carbons (Fsp3) is 0.444. The van der Waals surface area contributed by atoms with Crippen molar-refractivity contribution in [2.24, 2.45) is 0 Å². The minimum Gasteiger partial charge on any atom is -0.349 e. The van der Waals surface area contributed by atoms with Crippen molar-refractivity contribution in [3.8, 4) is 0 Å². The third kappa shape index (κ3) is 4.83. The Labute approximate surface area is 186 Å². The zero-order valence-electron chi connectivity index (χ0n) is 17.0. The van der Waals surface area contributed by atoms with E-state index in [4.69, 9.17) is 24.0 Å². The second kappa shape index (κ2) is 8.70. The van der Waals surface area contributed by atoms with Gasteiger partial charge in [-0.15, -0.1) is 0 Å². The number of rotatable bonds is 6. The highest BCUT2D eigenvalue weighted by Gasteiger charge is 2.59. The smallest absolute Gasteiger partial charge is 0.349 e. The Bertz CT molecular complexity index is 1230. The van der Waals surface area contributed by atoms with E-state index in [0.29, 0.717) is 0 Å². The normalized spacial score (nSPS) is 27.9. The van der Waals surface area contributed by atoms with Crippen molar-refractivity contribution < 1.29 is 42.9 Å². The summed E-state index contributed by atoms with van der Waals surface area (Å²) in [5, 5.41) is 0. The quantitative estimate of drug-likeness (QED) is 0.331. The summed E-state index contributed by atoms with van der Waals surface area (Å²) in [6.45, 7) is -0.232. The Morgan fingerprint density at radius 3 is 2.42 bits per heavy atom. The van der Waals surface area contributed by atoms with Gasteiger partial charge in [0, 0.05) is 23.7 Å². The van der Waals surface area contributed by atoms with Crippen LogP contribution in [0.4, 0.5) is 0 Å². The second-order valence-electron chi connectivity index (χ2n) is 7.78. The van der Waals surface area contributed by atoms with E-state index in [1.807, 2.05) is 0 Å². The van der Waals surface area contributed by atoms with Crippen LogP contribution in [0.5, 0.6) is 0 Å². The maximum atomic E-state index is 12.4. The minimum absolute atomic E-state index is 0.00644. The third-order valence-electron chi connectivity index (χ3n) is 5.48. The van der Waals surface area contributed by atoms with Gasteiger partial charge in [-0.3, -0.25) is 23.5 Å². The lowest BCUT2D eigenvalue weighted by atomic mass is 10.1. The molecule has 4 rings (SSSR count). The molecule has 0 bridgehead atoms. The van der Waals surface area contributed by atoms with Crippen molar-refractivity contribution in [3.05, 3.63) is 68.5 Å². The molecule has 0 saturated carbocycles. The van der Waals surface area contributed by atoms with E-state index in [1.54, 1.807) is 18.2 Å². The summed E-state index contributed by atoms with van der Waals surface area (Å²) < 4.78 is 41.7. The summed E-state index contributed by atoms with van der Waals surface area (Å²) in [6.07, 6.45) is -2.26. The zero-order chi connectivity index (χ0) is 24.0. The number of aromatic amines is 1. The number of hydrogen-bond donors (Lipinski definition) is 5. The zero-order valence-corrected chi connectivity index (χ0v) is 18.8. The first-order valence-corrected chi connectivity index (χ1v) is 13.3. The maximum absolute atomic E-state index is 12.4. The largest absolute Gasteiger partial charge is 0.389 e. The van der Waals surface area contributed by atoms with Gasteiger partial charge in [-0.25, -0.2) is 4.79 Å². The Hall–Kier alpha value is -1.92. The van der Waals surface area contributed by atoms with Gasteiger partial charge in [-0.2, -0.15) is 0 Å². The van der Waals surface area contributed by atoms with E-state index in [9.17, 15) is 28.5 Å². The number of aromatic nitrogens is 2. The SMILES string of the molecule is O=c1[nH]c(=O)n([C@H]2C[C@H]3O[C@](c4ccccc4)(P(=O)(O)O)OC[C@H]3O2)cc1CCP(=O)(O)O. The maximum Gasteiger partial charge on any atom is 0.389 e. The van der Waals surface area contributed by atoms with Gasteiger partial charge in [0.25, 0.3) is 5.56 Å².